The van der Waals surface area contributed by atoms with Crippen molar-refractivity contribution in [3.05, 3.63) is 0 Å². The smallest absolute Gasteiger partial charge is 0.243 e. The maximum Gasteiger partial charge on any atom is 0.243 e. The van der Waals surface area contributed by atoms with Crippen molar-refractivity contribution in [3.63, 3.8) is 0 Å². The molecule has 0 rings (SSSR count). The first-order valence-corrected chi connectivity index (χ1v) is 4.68. The van der Waals surface area contributed by atoms with Gasteiger partial charge >= 0.3 is 0 Å². The fraction of sp³-hybridized carbons (Fsp3) is 0.889. The first-order chi connectivity index (χ1) is 6.11. The Bertz CT molecular complexity index is 149. The standard InChI is InChI=1S/C9H20N2O2/c1-5-8(11(3)4)7-13-10-9(12)6-2/h8H,5-7H2,1-4H3,(H,10,12). The van der Waals surface area contributed by atoms with Crippen LogP contribution in [0.2, 0.25) is 0 Å². The second kappa shape index (κ2) is 6.86. The number of rotatable bonds is 6. The van der Waals surface area contributed by atoms with Crippen LogP contribution in [0.3, 0.4) is 0 Å². The lowest BCUT2D eigenvalue weighted by atomic mass is 10.2. The molecule has 0 radical (unpaired) electrons. The summed E-state index contributed by atoms with van der Waals surface area (Å²) in [6, 6.07) is 0.358. The summed E-state index contributed by atoms with van der Waals surface area (Å²) in [7, 11) is 4.00. The molecule has 0 fully saturated rings. The second-order valence-corrected chi connectivity index (χ2v) is 3.22. The monoisotopic (exact) mass is 188 g/mol. The molecule has 1 amide bonds. The molecular formula is C9H20N2O2. The van der Waals surface area contributed by atoms with Crippen LogP contribution in [0.25, 0.3) is 0 Å². The summed E-state index contributed by atoms with van der Waals surface area (Å²) in [5.74, 6) is -0.0754. The normalized spacial score (nSPS) is 13.0. The van der Waals surface area contributed by atoms with Gasteiger partial charge in [-0.1, -0.05) is 13.8 Å². The van der Waals surface area contributed by atoms with Crippen molar-refractivity contribution in [1.29, 1.82) is 0 Å². The van der Waals surface area contributed by atoms with E-state index in [9.17, 15) is 4.79 Å². The molecule has 0 aromatic rings. The molecule has 0 aliphatic carbocycles. The van der Waals surface area contributed by atoms with Crippen LogP contribution in [0.1, 0.15) is 26.7 Å². The van der Waals surface area contributed by atoms with Crippen molar-refractivity contribution >= 4 is 5.91 Å². The van der Waals surface area contributed by atoms with Crippen LogP contribution >= 0.6 is 0 Å². The van der Waals surface area contributed by atoms with Crippen LogP contribution < -0.4 is 5.48 Å². The second-order valence-electron chi connectivity index (χ2n) is 3.22. The molecule has 4 heteroatoms. The average molecular weight is 188 g/mol. The maximum atomic E-state index is 10.8. The molecule has 0 saturated carbocycles. The number of nitrogens with zero attached hydrogens (tertiary/aromatic N) is 1. The lowest BCUT2D eigenvalue weighted by Crippen LogP contribution is -2.35. The lowest BCUT2D eigenvalue weighted by molar-refractivity contribution is -0.134. The van der Waals surface area contributed by atoms with E-state index in [1.165, 1.54) is 0 Å². The van der Waals surface area contributed by atoms with Gasteiger partial charge in [-0.3, -0.25) is 9.63 Å². The highest BCUT2D eigenvalue weighted by molar-refractivity contribution is 5.74. The molecule has 13 heavy (non-hydrogen) atoms. The highest BCUT2D eigenvalue weighted by atomic mass is 16.7. The number of hydroxylamine groups is 1. The first kappa shape index (κ1) is 12.4. The lowest BCUT2D eigenvalue weighted by Gasteiger charge is -2.22. The molecule has 0 heterocycles. The number of hydrogen-bond donors (Lipinski definition) is 1. The van der Waals surface area contributed by atoms with Crippen molar-refractivity contribution in [2.24, 2.45) is 0 Å². The van der Waals surface area contributed by atoms with E-state index in [4.69, 9.17) is 4.84 Å². The third kappa shape index (κ3) is 5.60. The van der Waals surface area contributed by atoms with Gasteiger partial charge in [-0.15, -0.1) is 0 Å². The summed E-state index contributed by atoms with van der Waals surface area (Å²) in [4.78, 5) is 17.9. The van der Waals surface area contributed by atoms with E-state index >= 15 is 0 Å². The van der Waals surface area contributed by atoms with E-state index in [-0.39, 0.29) is 5.91 Å². The van der Waals surface area contributed by atoms with Crippen molar-refractivity contribution in [3.8, 4) is 0 Å². The molecule has 78 valence electrons. The number of nitrogens with one attached hydrogen (secondary N) is 1. The topological polar surface area (TPSA) is 41.6 Å². The Morgan fingerprint density at radius 3 is 2.46 bits per heavy atom. The van der Waals surface area contributed by atoms with Crippen molar-refractivity contribution in [2.75, 3.05) is 20.7 Å². The van der Waals surface area contributed by atoms with E-state index in [2.05, 4.69) is 17.3 Å². The van der Waals surface area contributed by atoms with E-state index in [1.807, 2.05) is 14.1 Å². The van der Waals surface area contributed by atoms with Gasteiger partial charge < -0.3 is 4.90 Å². The van der Waals surface area contributed by atoms with Gasteiger partial charge in [0.25, 0.3) is 0 Å². The molecule has 1 unspecified atom stereocenters. The molecule has 0 bridgehead atoms. The van der Waals surface area contributed by atoms with E-state index in [0.29, 0.717) is 19.1 Å². The zero-order chi connectivity index (χ0) is 10.3. The SMILES string of the molecule is CCC(=O)NOCC(CC)N(C)C. The molecule has 0 aromatic carbocycles. The third-order valence-corrected chi connectivity index (χ3v) is 1.98. The Balaban J connectivity index is 3.55. The Morgan fingerprint density at radius 2 is 2.08 bits per heavy atom. The molecule has 0 saturated heterocycles. The van der Waals surface area contributed by atoms with Gasteiger partial charge in [0, 0.05) is 12.5 Å². The Labute approximate surface area is 80.2 Å². The molecule has 1 atom stereocenters. The van der Waals surface area contributed by atoms with E-state index in [1.54, 1.807) is 6.92 Å². The maximum absolute atomic E-state index is 10.8. The molecule has 0 aliphatic heterocycles. The summed E-state index contributed by atoms with van der Waals surface area (Å²) >= 11 is 0. The van der Waals surface area contributed by atoms with Gasteiger partial charge in [-0.2, -0.15) is 0 Å². The zero-order valence-electron chi connectivity index (χ0n) is 8.96. The van der Waals surface area contributed by atoms with Gasteiger partial charge in [0.1, 0.15) is 0 Å². The quantitative estimate of drug-likeness (QED) is 0.626. The van der Waals surface area contributed by atoms with Gasteiger partial charge in [0.2, 0.25) is 5.91 Å². The summed E-state index contributed by atoms with van der Waals surface area (Å²) in [6.45, 7) is 4.42. The fourth-order valence-corrected chi connectivity index (χ4v) is 0.923. The highest BCUT2D eigenvalue weighted by Crippen LogP contribution is 1.98. The van der Waals surface area contributed by atoms with Gasteiger partial charge in [-0.25, -0.2) is 5.48 Å². The Morgan fingerprint density at radius 1 is 1.46 bits per heavy atom. The highest BCUT2D eigenvalue weighted by Gasteiger charge is 2.09. The number of likely N-dealkylation sites (N-methyl/N-ethyl adjacent to an activating group) is 1. The van der Waals surface area contributed by atoms with Crippen molar-refractivity contribution in [1.82, 2.24) is 10.4 Å². The van der Waals surface area contributed by atoms with Crippen molar-refractivity contribution in [2.45, 2.75) is 32.7 Å². The Hall–Kier alpha value is -0.610. The van der Waals surface area contributed by atoms with Gasteiger partial charge in [0.15, 0.2) is 0 Å². The van der Waals surface area contributed by atoms with Crippen LogP contribution in [-0.4, -0.2) is 37.6 Å². The largest absolute Gasteiger partial charge is 0.304 e. The number of amides is 1. The Kier molecular flexibility index (Phi) is 6.54. The fourth-order valence-electron chi connectivity index (χ4n) is 0.923. The van der Waals surface area contributed by atoms with Gasteiger partial charge in [-0.05, 0) is 20.5 Å². The third-order valence-electron chi connectivity index (χ3n) is 1.98. The van der Waals surface area contributed by atoms with Crippen LogP contribution in [0, 0.1) is 0 Å². The molecule has 4 nitrogen and oxygen atoms in total. The molecule has 0 aliphatic rings. The predicted molar refractivity (Wildman–Crippen MR) is 52.2 cm³/mol. The first-order valence-electron chi connectivity index (χ1n) is 4.68. The zero-order valence-corrected chi connectivity index (χ0v) is 8.96. The summed E-state index contributed by atoms with van der Waals surface area (Å²) < 4.78 is 0. The van der Waals surface area contributed by atoms with Gasteiger partial charge in [0.05, 0.1) is 6.61 Å². The van der Waals surface area contributed by atoms with E-state index < -0.39 is 0 Å². The van der Waals surface area contributed by atoms with Crippen LogP contribution in [0.4, 0.5) is 0 Å². The van der Waals surface area contributed by atoms with Crippen LogP contribution in [-0.2, 0) is 9.63 Å². The predicted octanol–water partition coefficient (Wildman–Crippen LogP) is 0.784. The molecule has 0 spiro atoms. The molecular weight excluding hydrogens is 168 g/mol. The minimum atomic E-state index is -0.0754. The van der Waals surface area contributed by atoms with Crippen LogP contribution in [0.5, 0.6) is 0 Å². The summed E-state index contributed by atoms with van der Waals surface area (Å²) in [5, 5.41) is 0. The van der Waals surface area contributed by atoms with E-state index in [0.717, 1.165) is 6.42 Å². The number of carbonyl (C=O) groups is 1. The average Bonchev–Trinajstić information content (AvgIpc) is 2.11. The van der Waals surface area contributed by atoms with Crippen LogP contribution in [0.15, 0.2) is 0 Å². The summed E-state index contributed by atoms with van der Waals surface area (Å²) in [6.07, 6.45) is 1.47. The molecule has 0 aromatic heterocycles. The molecule has 1 N–H and O–H groups in total. The van der Waals surface area contributed by atoms with Crippen molar-refractivity contribution < 1.29 is 9.63 Å². The minimum Gasteiger partial charge on any atom is -0.304 e. The minimum absolute atomic E-state index is 0.0754. The summed E-state index contributed by atoms with van der Waals surface area (Å²) in [5.41, 5.74) is 2.39. The number of hydrogen-bond acceptors (Lipinski definition) is 3. The number of carbonyl (C=O) groups excluding carboxylic acids is 1.